The zero-order chi connectivity index (χ0) is 22.9. The van der Waals surface area contributed by atoms with E-state index in [1.807, 2.05) is 0 Å². The van der Waals surface area contributed by atoms with Crippen LogP contribution in [0.25, 0.3) is 0 Å². The van der Waals surface area contributed by atoms with E-state index < -0.39 is 11.6 Å². The first kappa shape index (κ1) is 24.6. The third kappa shape index (κ3) is 7.80. The van der Waals surface area contributed by atoms with Gasteiger partial charge < -0.3 is 20.1 Å². The van der Waals surface area contributed by atoms with Gasteiger partial charge in [-0.3, -0.25) is 4.79 Å². The Morgan fingerprint density at radius 1 is 0.906 bits per heavy atom. The summed E-state index contributed by atoms with van der Waals surface area (Å²) in [6.45, 7) is 1.11. The number of amides is 1. The van der Waals surface area contributed by atoms with E-state index >= 15 is 0 Å². The Morgan fingerprint density at radius 2 is 1.47 bits per heavy atom. The Bertz CT molecular complexity index is 909. The van der Waals surface area contributed by atoms with Gasteiger partial charge in [-0.1, -0.05) is 23.2 Å². The average Bonchev–Trinajstić information content (AvgIpc) is 2.78. The summed E-state index contributed by atoms with van der Waals surface area (Å²) in [6.07, 6.45) is 4.46. The van der Waals surface area contributed by atoms with E-state index in [9.17, 15) is 13.6 Å². The molecule has 174 valence electrons. The zero-order valence-corrected chi connectivity index (χ0v) is 19.0. The summed E-state index contributed by atoms with van der Waals surface area (Å²) < 4.78 is 37.6. The third-order valence-electron chi connectivity index (χ3n) is 5.27. The molecule has 2 aromatic carbocycles. The van der Waals surface area contributed by atoms with Gasteiger partial charge in [0.05, 0.1) is 16.7 Å². The van der Waals surface area contributed by atoms with Gasteiger partial charge >= 0.3 is 0 Å². The maximum Gasteiger partial charge on any atom is 0.258 e. The van der Waals surface area contributed by atoms with Crippen molar-refractivity contribution in [2.75, 3.05) is 19.8 Å². The second kappa shape index (κ2) is 12.2. The summed E-state index contributed by atoms with van der Waals surface area (Å²) in [5.74, 6) is -0.571. The van der Waals surface area contributed by atoms with Gasteiger partial charge in [0, 0.05) is 24.2 Å². The van der Waals surface area contributed by atoms with Crippen LogP contribution in [0, 0.1) is 11.6 Å². The van der Waals surface area contributed by atoms with E-state index in [0.29, 0.717) is 18.4 Å². The number of ether oxygens (including phenoxy) is 2. The molecule has 1 aliphatic carbocycles. The Morgan fingerprint density at radius 3 is 2.06 bits per heavy atom. The van der Waals surface area contributed by atoms with Gasteiger partial charge in [-0.2, -0.15) is 0 Å². The molecular weight excluding hydrogens is 461 g/mol. The fourth-order valence-electron chi connectivity index (χ4n) is 3.56. The van der Waals surface area contributed by atoms with Crippen LogP contribution < -0.4 is 20.1 Å². The molecule has 0 aliphatic heterocycles. The molecule has 5 nitrogen and oxygen atoms in total. The molecule has 0 unspecified atom stereocenters. The molecule has 0 atom stereocenters. The molecule has 1 saturated carbocycles. The zero-order valence-electron chi connectivity index (χ0n) is 17.5. The van der Waals surface area contributed by atoms with E-state index in [1.165, 1.54) is 24.3 Å². The number of hydrogen-bond donors (Lipinski definition) is 2. The second-order valence-electron chi connectivity index (χ2n) is 7.71. The first-order chi connectivity index (χ1) is 15.4. The van der Waals surface area contributed by atoms with Crippen molar-refractivity contribution in [2.24, 2.45) is 0 Å². The van der Waals surface area contributed by atoms with Crippen LogP contribution >= 0.6 is 23.2 Å². The summed E-state index contributed by atoms with van der Waals surface area (Å²) >= 11 is 11.3. The van der Waals surface area contributed by atoms with E-state index in [4.69, 9.17) is 32.7 Å². The lowest BCUT2D eigenvalue weighted by atomic mass is 9.91. The molecular formula is C23H26Cl2F2N2O3. The van der Waals surface area contributed by atoms with Crippen LogP contribution in [0.15, 0.2) is 36.4 Å². The maximum absolute atomic E-state index is 13.4. The van der Waals surface area contributed by atoms with Crippen molar-refractivity contribution in [3.05, 3.63) is 58.1 Å². The van der Waals surface area contributed by atoms with E-state index in [2.05, 4.69) is 10.6 Å². The van der Waals surface area contributed by atoms with E-state index in [-0.39, 0.29) is 34.4 Å². The number of halogens is 4. The molecule has 1 amide bonds. The van der Waals surface area contributed by atoms with Crippen LogP contribution in [0.5, 0.6) is 11.5 Å². The summed E-state index contributed by atoms with van der Waals surface area (Å²) in [6, 6.07) is 8.98. The van der Waals surface area contributed by atoms with Crippen LogP contribution in [0.4, 0.5) is 8.78 Å². The lowest BCUT2D eigenvalue weighted by Gasteiger charge is -2.29. The lowest BCUT2D eigenvalue weighted by molar-refractivity contribution is -0.124. The Balaban J connectivity index is 1.25. The van der Waals surface area contributed by atoms with Crippen molar-refractivity contribution in [1.29, 1.82) is 0 Å². The molecule has 9 heteroatoms. The van der Waals surface area contributed by atoms with E-state index in [1.54, 1.807) is 6.07 Å². The highest BCUT2D eigenvalue weighted by Crippen LogP contribution is 2.22. The molecule has 1 fully saturated rings. The van der Waals surface area contributed by atoms with Crippen LogP contribution in [-0.2, 0) is 4.79 Å². The fourth-order valence-corrected chi connectivity index (χ4v) is 3.80. The van der Waals surface area contributed by atoms with Crippen LogP contribution in [-0.4, -0.2) is 37.7 Å². The van der Waals surface area contributed by atoms with Crippen molar-refractivity contribution < 1.29 is 23.0 Å². The molecule has 0 spiro atoms. The van der Waals surface area contributed by atoms with Crippen molar-refractivity contribution in [3.63, 3.8) is 0 Å². The molecule has 3 rings (SSSR count). The SMILES string of the molecule is O=C(COc1ccc(Cl)c(F)c1)NC1CCC(NCCCOc2ccc(Cl)c(F)c2)CC1. The average molecular weight is 487 g/mol. The Kier molecular flexibility index (Phi) is 9.38. The smallest absolute Gasteiger partial charge is 0.258 e. The molecule has 32 heavy (non-hydrogen) atoms. The highest BCUT2D eigenvalue weighted by atomic mass is 35.5. The predicted octanol–water partition coefficient (Wildman–Crippen LogP) is 5.14. The monoisotopic (exact) mass is 486 g/mol. The number of rotatable bonds is 10. The summed E-state index contributed by atoms with van der Waals surface area (Å²) in [5, 5.41) is 6.56. The van der Waals surface area contributed by atoms with Crippen molar-refractivity contribution in [3.8, 4) is 11.5 Å². The van der Waals surface area contributed by atoms with Crippen molar-refractivity contribution in [2.45, 2.75) is 44.2 Å². The Hall–Kier alpha value is -2.09. The first-order valence-electron chi connectivity index (χ1n) is 10.6. The topological polar surface area (TPSA) is 59.6 Å². The maximum atomic E-state index is 13.4. The fraction of sp³-hybridized carbons (Fsp3) is 0.435. The molecule has 0 heterocycles. The number of carbonyl (C=O) groups is 1. The quantitative estimate of drug-likeness (QED) is 0.456. The van der Waals surface area contributed by atoms with Gasteiger partial charge in [-0.05, 0) is 62.9 Å². The number of benzene rings is 2. The second-order valence-corrected chi connectivity index (χ2v) is 8.53. The molecule has 0 radical (unpaired) electrons. The highest BCUT2D eigenvalue weighted by Gasteiger charge is 2.22. The molecule has 2 N–H and O–H groups in total. The molecule has 2 aromatic rings. The van der Waals surface area contributed by atoms with Crippen LogP contribution in [0.3, 0.4) is 0 Å². The summed E-state index contributed by atoms with van der Waals surface area (Å²) in [5.41, 5.74) is 0. The molecule has 1 aliphatic rings. The van der Waals surface area contributed by atoms with Gasteiger partial charge in [0.1, 0.15) is 23.1 Å². The predicted molar refractivity (Wildman–Crippen MR) is 121 cm³/mol. The number of nitrogens with one attached hydrogen (secondary N) is 2. The third-order valence-corrected chi connectivity index (χ3v) is 5.88. The van der Waals surface area contributed by atoms with E-state index in [0.717, 1.165) is 44.7 Å². The van der Waals surface area contributed by atoms with Crippen molar-refractivity contribution in [1.82, 2.24) is 10.6 Å². The standard InChI is InChI=1S/C23H26Cl2F2N2O3/c24-19-8-6-17(12-21(19)26)31-11-1-10-28-15-2-4-16(5-3-15)29-23(30)14-32-18-7-9-20(25)22(27)13-18/h6-9,12-13,15-16,28H,1-5,10-11,14H2,(H,29,30). The van der Waals surface area contributed by atoms with Crippen molar-refractivity contribution >= 4 is 29.1 Å². The summed E-state index contributed by atoms with van der Waals surface area (Å²) in [7, 11) is 0. The van der Waals surface area contributed by atoms with Gasteiger partial charge in [-0.15, -0.1) is 0 Å². The molecule has 0 saturated heterocycles. The number of hydrogen-bond acceptors (Lipinski definition) is 4. The van der Waals surface area contributed by atoms with Gasteiger partial charge in [0.25, 0.3) is 5.91 Å². The minimum absolute atomic E-state index is 0.0108. The highest BCUT2D eigenvalue weighted by molar-refractivity contribution is 6.31. The minimum Gasteiger partial charge on any atom is -0.493 e. The lowest BCUT2D eigenvalue weighted by Crippen LogP contribution is -2.43. The van der Waals surface area contributed by atoms with Gasteiger partial charge in [0.15, 0.2) is 6.61 Å². The normalized spacial score (nSPS) is 18.2. The van der Waals surface area contributed by atoms with Gasteiger partial charge in [0.2, 0.25) is 0 Å². The van der Waals surface area contributed by atoms with Crippen LogP contribution in [0.1, 0.15) is 32.1 Å². The molecule has 0 bridgehead atoms. The number of carbonyl (C=O) groups excluding carboxylic acids is 1. The van der Waals surface area contributed by atoms with Crippen LogP contribution in [0.2, 0.25) is 10.0 Å². The van der Waals surface area contributed by atoms with Gasteiger partial charge in [-0.25, -0.2) is 8.78 Å². The first-order valence-corrected chi connectivity index (χ1v) is 11.3. The molecule has 0 aromatic heterocycles. The largest absolute Gasteiger partial charge is 0.493 e. The minimum atomic E-state index is -0.583. The Labute approximate surface area is 196 Å². The summed E-state index contributed by atoms with van der Waals surface area (Å²) in [4.78, 5) is 12.1.